The predicted molar refractivity (Wildman–Crippen MR) is 88.4 cm³/mol. The minimum absolute atomic E-state index is 0.400. The molecule has 11 heteroatoms. The maximum absolute atomic E-state index is 11.3. The molecule has 2 rings (SSSR count). The molecule has 1 aliphatic rings. The van der Waals surface area contributed by atoms with E-state index < -0.39 is 53.4 Å². The minimum atomic E-state index is -4.76. The van der Waals surface area contributed by atoms with E-state index in [0.29, 0.717) is 11.3 Å². The summed E-state index contributed by atoms with van der Waals surface area (Å²) in [5.41, 5.74) is 0.854. The fourth-order valence-electron chi connectivity index (χ4n) is 2.47. The zero-order valence-corrected chi connectivity index (χ0v) is 14.2. The molecule has 144 valence electrons. The number of nitrogens with one attached hydrogen (secondary N) is 1. The van der Waals surface area contributed by atoms with Gasteiger partial charge in [-0.3, -0.25) is 9.35 Å². The number of benzene rings is 1. The van der Waals surface area contributed by atoms with Crippen LogP contribution < -0.4 is 5.32 Å². The second-order valence-electron chi connectivity index (χ2n) is 5.59. The third-order valence-corrected chi connectivity index (χ3v) is 4.22. The smallest absolute Gasteiger partial charge is 0.387 e. The Hall–Kier alpha value is -1.86. The molecule has 5 N–H and O–H groups in total. The van der Waals surface area contributed by atoms with E-state index in [1.807, 2.05) is 0 Å². The van der Waals surface area contributed by atoms with Gasteiger partial charge in [-0.1, -0.05) is 18.7 Å². The van der Waals surface area contributed by atoms with Crippen molar-refractivity contribution in [2.24, 2.45) is 0 Å². The average Bonchev–Trinajstić information content (AvgIpc) is 2.59. The van der Waals surface area contributed by atoms with Crippen molar-refractivity contribution < 1.29 is 42.0 Å². The van der Waals surface area contributed by atoms with Crippen LogP contribution in [0.4, 0.5) is 5.69 Å². The van der Waals surface area contributed by atoms with Gasteiger partial charge in [0.15, 0.2) is 0 Å². The van der Waals surface area contributed by atoms with Gasteiger partial charge < -0.3 is 25.4 Å². The normalized spacial score (nSPS) is 29.2. The Morgan fingerprint density at radius 1 is 1.19 bits per heavy atom. The van der Waals surface area contributed by atoms with E-state index in [1.165, 1.54) is 24.3 Å². The number of amides is 1. The van der Waals surface area contributed by atoms with Crippen LogP contribution in [-0.4, -0.2) is 65.2 Å². The summed E-state index contributed by atoms with van der Waals surface area (Å²) in [6, 6.07) is 6.07. The van der Waals surface area contributed by atoms with Gasteiger partial charge >= 0.3 is 10.4 Å². The SMILES string of the molecule is C=CC(=O)Nc1ccc([C@@H]2O[C@H](COS(=O)(=O)O)[C@H](O)[C@H](O)[C@H]2O)cc1. The van der Waals surface area contributed by atoms with Gasteiger partial charge in [0.1, 0.15) is 30.5 Å². The van der Waals surface area contributed by atoms with Crippen LogP contribution in [0.25, 0.3) is 0 Å². The van der Waals surface area contributed by atoms with Gasteiger partial charge in [-0.2, -0.15) is 8.42 Å². The van der Waals surface area contributed by atoms with Crippen LogP contribution in [0.2, 0.25) is 0 Å². The molecule has 0 radical (unpaired) electrons. The lowest BCUT2D eigenvalue weighted by molar-refractivity contribution is -0.230. The van der Waals surface area contributed by atoms with Crippen molar-refractivity contribution in [3.05, 3.63) is 42.5 Å². The summed E-state index contributed by atoms with van der Waals surface area (Å²) in [5.74, 6) is -0.410. The van der Waals surface area contributed by atoms with Crippen LogP contribution in [0.1, 0.15) is 11.7 Å². The van der Waals surface area contributed by atoms with Gasteiger partial charge in [-0.15, -0.1) is 0 Å². The van der Waals surface area contributed by atoms with Gasteiger partial charge in [0.05, 0.1) is 6.61 Å². The van der Waals surface area contributed by atoms with E-state index in [2.05, 4.69) is 16.1 Å². The van der Waals surface area contributed by atoms with E-state index in [4.69, 9.17) is 9.29 Å². The first-order chi connectivity index (χ1) is 12.1. The number of aliphatic hydroxyl groups is 3. The zero-order valence-electron chi connectivity index (χ0n) is 13.4. The molecule has 1 aliphatic heterocycles. The van der Waals surface area contributed by atoms with Crippen molar-refractivity contribution in [2.75, 3.05) is 11.9 Å². The number of aliphatic hydroxyl groups excluding tert-OH is 3. The van der Waals surface area contributed by atoms with E-state index in [-0.39, 0.29) is 0 Å². The summed E-state index contributed by atoms with van der Waals surface area (Å²) in [6.07, 6.45) is -6.09. The highest BCUT2D eigenvalue weighted by atomic mass is 32.3. The van der Waals surface area contributed by atoms with Crippen LogP contribution >= 0.6 is 0 Å². The summed E-state index contributed by atoms with van der Waals surface area (Å²) in [5, 5.41) is 32.5. The Kier molecular flexibility index (Phi) is 6.47. The van der Waals surface area contributed by atoms with Crippen molar-refractivity contribution in [2.45, 2.75) is 30.5 Å². The minimum Gasteiger partial charge on any atom is -0.387 e. The first-order valence-electron chi connectivity index (χ1n) is 7.47. The summed E-state index contributed by atoms with van der Waals surface area (Å²) in [6.45, 7) is 2.57. The first kappa shape index (κ1) is 20.5. The molecule has 1 amide bonds. The highest BCUT2D eigenvalue weighted by Crippen LogP contribution is 2.33. The Bertz CT molecular complexity index is 749. The van der Waals surface area contributed by atoms with E-state index in [9.17, 15) is 28.5 Å². The van der Waals surface area contributed by atoms with Gasteiger partial charge in [0.2, 0.25) is 5.91 Å². The molecule has 1 aromatic carbocycles. The first-order valence-corrected chi connectivity index (χ1v) is 8.84. The highest BCUT2D eigenvalue weighted by molar-refractivity contribution is 7.80. The Morgan fingerprint density at radius 3 is 2.35 bits per heavy atom. The summed E-state index contributed by atoms with van der Waals surface area (Å²) in [4.78, 5) is 11.3. The highest BCUT2D eigenvalue weighted by Gasteiger charge is 2.44. The third-order valence-electron chi connectivity index (χ3n) is 3.79. The summed E-state index contributed by atoms with van der Waals surface area (Å²) in [7, 11) is -4.76. The lowest BCUT2D eigenvalue weighted by Gasteiger charge is -2.40. The lowest BCUT2D eigenvalue weighted by Crippen LogP contribution is -2.55. The van der Waals surface area contributed by atoms with Gasteiger partial charge in [0, 0.05) is 5.69 Å². The Balaban J connectivity index is 2.15. The van der Waals surface area contributed by atoms with Crippen LogP contribution in [0.5, 0.6) is 0 Å². The molecule has 0 saturated carbocycles. The molecule has 0 aliphatic carbocycles. The number of hydrogen-bond acceptors (Lipinski definition) is 8. The van der Waals surface area contributed by atoms with Crippen molar-refractivity contribution >= 4 is 22.0 Å². The molecular formula is C15H19NO9S. The molecular weight excluding hydrogens is 370 g/mol. The largest absolute Gasteiger partial charge is 0.397 e. The molecule has 26 heavy (non-hydrogen) atoms. The quantitative estimate of drug-likeness (QED) is 0.308. The molecule has 0 unspecified atom stereocenters. The number of rotatable bonds is 6. The Labute approximate surface area is 149 Å². The topological polar surface area (TPSA) is 163 Å². The second-order valence-corrected chi connectivity index (χ2v) is 6.69. The molecule has 1 heterocycles. The van der Waals surface area contributed by atoms with Gasteiger partial charge in [0.25, 0.3) is 0 Å². The number of carbonyl (C=O) groups is 1. The van der Waals surface area contributed by atoms with Crippen molar-refractivity contribution in [1.82, 2.24) is 0 Å². The monoisotopic (exact) mass is 389 g/mol. The maximum Gasteiger partial charge on any atom is 0.397 e. The van der Waals surface area contributed by atoms with Crippen LogP contribution in [0.3, 0.4) is 0 Å². The Morgan fingerprint density at radius 2 is 1.81 bits per heavy atom. The van der Waals surface area contributed by atoms with E-state index >= 15 is 0 Å². The molecule has 0 spiro atoms. The number of ether oxygens (including phenoxy) is 1. The maximum atomic E-state index is 11.3. The number of hydrogen-bond donors (Lipinski definition) is 5. The van der Waals surface area contributed by atoms with E-state index in [0.717, 1.165) is 6.08 Å². The van der Waals surface area contributed by atoms with Crippen LogP contribution in [0, 0.1) is 0 Å². The lowest BCUT2D eigenvalue weighted by atomic mass is 9.91. The summed E-state index contributed by atoms with van der Waals surface area (Å²) < 4.78 is 39.6. The molecule has 1 fully saturated rings. The van der Waals surface area contributed by atoms with Crippen LogP contribution in [-0.2, 0) is 24.1 Å². The summed E-state index contributed by atoms with van der Waals surface area (Å²) >= 11 is 0. The predicted octanol–water partition coefficient (Wildman–Crippen LogP) is -0.847. The third kappa shape index (κ3) is 5.08. The fourth-order valence-corrected chi connectivity index (χ4v) is 2.77. The fraction of sp³-hybridized carbons (Fsp3) is 0.400. The van der Waals surface area contributed by atoms with Crippen molar-refractivity contribution in [3.63, 3.8) is 0 Å². The molecule has 1 saturated heterocycles. The average molecular weight is 389 g/mol. The second kappa shape index (κ2) is 8.22. The van der Waals surface area contributed by atoms with Crippen molar-refractivity contribution in [3.8, 4) is 0 Å². The van der Waals surface area contributed by atoms with Crippen molar-refractivity contribution in [1.29, 1.82) is 0 Å². The van der Waals surface area contributed by atoms with Gasteiger partial charge in [-0.25, -0.2) is 4.18 Å². The molecule has 0 bridgehead atoms. The number of carbonyl (C=O) groups excluding carboxylic acids is 1. The van der Waals surface area contributed by atoms with Crippen LogP contribution in [0.15, 0.2) is 36.9 Å². The van der Waals surface area contributed by atoms with Gasteiger partial charge in [-0.05, 0) is 23.8 Å². The standard InChI is InChI=1S/C15H19NO9S/c1-2-11(17)16-9-5-3-8(4-6-9)15-14(20)13(19)12(18)10(25-15)7-24-26(21,22)23/h2-6,10,12-15,18-20H,1,7H2,(H,16,17)(H,21,22,23)/t10-,12+,13+,14-,15+/m1/s1. The molecule has 1 aromatic rings. The zero-order chi connectivity index (χ0) is 19.5. The number of anilines is 1. The molecule has 5 atom stereocenters. The molecule has 0 aromatic heterocycles. The molecule has 10 nitrogen and oxygen atoms in total. The van der Waals surface area contributed by atoms with E-state index in [1.54, 1.807) is 0 Å².